The predicted molar refractivity (Wildman–Crippen MR) is 418 cm³/mol. The van der Waals surface area contributed by atoms with Crippen LogP contribution < -0.4 is 10.6 Å². The van der Waals surface area contributed by atoms with Gasteiger partial charge in [0.15, 0.2) is 0 Å². The van der Waals surface area contributed by atoms with Gasteiger partial charge in [0.05, 0.1) is 0 Å². The van der Waals surface area contributed by atoms with E-state index in [9.17, 15) is 28.8 Å². The molecule has 0 saturated heterocycles. The smallest absolute Gasteiger partial charge is 0.261 e. The van der Waals surface area contributed by atoms with Gasteiger partial charge in [0.1, 0.15) is 0 Å². The van der Waals surface area contributed by atoms with Gasteiger partial charge in [-0.2, -0.15) is 0 Å². The topological polar surface area (TPSA) is 133 Å². The Morgan fingerprint density at radius 2 is 0.550 bits per heavy atom. The highest BCUT2D eigenvalue weighted by Crippen LogP contribution is 2.47. The Balaban J connectivity index is 0.956. The Bertz CT molecular complexity index is 3500. The second kappa shape index (κ2) is 37.3. The summed E-state index contributed by atoms with van der Waals surface area (Å²) in [4.78, 5) is 91.1. The number of fused-ring (bicyclic) bond motifs is 2. The lowest BCUT2D eigenvalue weighted by molar-refractivity contribution is 0.0594. The number of nitrogens with zero attached hydrogens (tertiary/aromatic N) is 2. The van der Waals surface area contributed by atoms with Crippen LogP contribution >= 0.6 is 0 Å². The van der Waals surface area contributed by atoms with Crippen LogP contribution in [-0.4, -0.2) is 71.4 Å². The van der Waals surface area contributed by atoms with Gasteiger partial charge in [0, 0.05) is 70.3 Å². The number of carbonyl (C=O) groups is 6. The molecule has 540 valence electrons. The molecule has 10 nitrogen and oxygen atoms in total. The summed E-state index contributed by atoms with van der Waals surface area (Å²) >= 11 is 0. The minimum atomic E-state index is -0.409. The van der Waals surface area contributed by atoms with E-state index in [1.54, 1.807) is 24.3 Å². The minimum absolute atomic E-state index is 0.00990. The highest BCUT2D eigenvalue weighted by atomic mass is 16.2. The molecule has 6 atom stereocenters. The lowest BCUT2D eigenvalue weighted by atomic mass is 9.80. The molecule has 7 aromatic rings. The number of hydrogen-bond donors (Lipinski definition) is 2. The van der Waals surface area contributed by atoms with Gasteiger partial charge in [-0.05, 0) is 188 Å². The maximum absolute atomic E-state index is 14.8. The molecule has 0 fully saturated rings. The van der Waals surface area contributed by atoms with Crippen LogP contribution in [-0.2, 0) is 38.5 Å². The standard InChI is InChI=1S/C90H124N4O6/c1-13-25-31-59(19-7)49-65-55-69(56-66(50-60(20-8)32-26-14-2)79(65)53-63(23-11)35-29-17-5)85(95)91-45-47-93-87(97)75-41-37-71-73-39-43-77-84-78(44-40-74(82(73)84)72-38-42-76(88(93)98)83(75)81(71)72)90(100)94(89(77)99)48-46-92-86(96)70-57-67(51-61(21-9)33-27-15-3)80(54-64(24-12)36-30-18-6)68(58-70)52-62(22-10)34-28-16-4/h37-44,55-64H,13-36,45-54H2,1-12H3,(H,91,95)(H,92,96). The van der Waals surface area contributed by atoms with Crippen molar-refractivity contribution in [2.24, 2.45) is 35.5 Å². The molecule has 6 unspecified atom stereocenters. The van der Waals surface area contributed by atoms with Crippen LogP contribution in [0.3, 0.4) is 0 Å². The lowest BCUT2D eigenvalue weighted by Crippen LogP contribution is -2.44. The van der Waals surface area contributed by atoms with Gasteiger partial charge in [0.25, 0.3) is 35.4 Å². The summed E-state index contributed by atoms with van der Waals surface area (Å²) in [6, 6.07) is 23.7. The van der Waals surface area contributed by atoms with E-state index in [1.165, 1.54) is 133 Å². The van der Waals surface area contributed by atoms with Gasteiger partial charge < -0.3 is 10.6 Å². The van der Waals surface area contributed by atoms with E-state index in [2.05, 4.69) is 118 Å². The van der Waals surface area contributed by atoms with Crippen molar-refractivity contribution < 1.29 is 28.8 Å². The summed E-state index contributed by atoms with van der Waals surface area (Å²) in [5, 5.41) is 12.4. The van der Waals surface area contributed by atoms with Crippen molar-refractivity contribution in [1.82, 2.24) is 20.4 Å². The molecule has 0 aliphatic carbocycles. The van der Waals surface area contributed by atoms with Crippen molar-refractivity contribution in [3.63, 3.8) is 0 Å². The second-order valence-corrected chi connectivity index (χ2v) is 30.4. The van der Waals surface area contributed by atoms with Crippen LogP contribution in [0.1, 0.15) is 333 Å². The predicted octanol–water partition coefficient (Wildman–Crippen LogP) is 22.3. The molecule has 0 bridgehead atoms. The first kappa shape index (κ1) is 77.2. The molecule has 0 spiro atoms. The van der Waals surface area contributed by atoms with E-state index in [-0.39, 0.29) is 38.0 Å². The van der Waals surface area contributed by atoms with E-state index in [1.807, 2.05) is 24.3 Å². The first-order valence-electron chi connectivity index (χ1n) is 40.4. The van der Waals surface area contributed by atoms with Crippen molar-refractivity contribution >= 4 is 78.5 Å². The van der Waals surface area contributed by atoms with Crippen LogP contribution in [0.25, 0.3) is 43.1 Å². The van der Waals surface area contributed by atoms with Crippen LogP contribution in [0.4, 0.5) is 0 Å². The molecule has 10 heteroatoms. The Morgan fingerprint density at radius 3 is 0.770 bits per heavy atom. The molecule has 0 radical (unpaired) electrons. The summed E-state index contributed by atoms with van der Waals surface area (Å²) in [6.07, 6.45) is 33.9. The molecule has 2 heterocycles. The zero-order valence-electron chi connectivity index (χ0n) is 63.8. The fourth-order valence-corrected chi connectivity index (χ4v) is 17.1. The molecule has 6 amide bonds. The lowest BCUT2D eigenvalue weighted by Gasteiger charge is -2.30. The quantitative estimate of drug-likeness (QED) is 0.0222. The number of imide groups is 2. The van der Waals surface area contributed by atoms with Gasteiger partial charge in [0.2, 0.25) is 0 Å². The first-order valence-corrected chi connectivity index (χ1v) is 40.4. The molecular formula is C90H124N4O6. The minimum Gasteiger partial charge on any atom is -0.350 e. The van der Waals surface area contributed by atoms with E-state index in [0.717, 1.165) is 135 Å². The Hall–Kier alpha value is -6.94. The molecule has 2 N–H and O–H groups in total. The van der Waals surface area contributed by atoms with Crippen molar-refractivity contribution in [1.29, 1.82) is 0 Å². The highest BCUT2D eigenvalue weighted by Gasteiger charge is 2.38. The van der Waals surface area contributed by atoms with Gasteiger partial charge in [-0.1, -0.05) is 261 Å². The normalized spacial score (nSPS) is 15.0. The number of rotatable bonds is 44. The van der Waals surface area contributed by atoms with E-state index in [0.29, 0.717) is 79.7 Å². The largest absolute Gasteiger partial charge is 0.350 e. The molecule has 9 rings (SSSR count). The number of benzene rings is 7. The maximum atomic E-state index is 14.8. The average molecular weight is 1360 g/mol. The Morgan fingerprint density at radius 1 is 0.320 bits per heavy atom. The van der Waals surface area contributed by atoms with Gasteiger partial charge >= 0.3 is 0 Å². The van der Waals surface area contributed by atoms with Crippen molar-refractivity contribution in [3.05, 3.63) is 140 Å². The molecule has 2 aliphatic rings. The molecular weight excluding hydrogens is 1230 g/mol. The summed E-state index contributed by atoms with van der Waals surface area (Å²) in [5.74, 6) is 1.32. The van der Waals surface area contributed by atoms with Crippen molar-refractivity contribution in [2.45, 2.75) is 276 Å². The van der Waals surface area contributed by atoms with Crippen molar-refractivity contribution in [2.75, 3.05) is 26.2 Å². The Kier molecular flexibility index (Phi) is 28.8. The monoisotopic (exact) mass is 1360 g/mol. The first-order chi connectivity index (χ1) is 48.6. The van der Waals surface area contributed by atoms with E-state index < -0.39 is 23.6 Å². The van der Waals surface area contributed by atoms with Crippen LogP contribution in [0.15, 0.2) is 72.8 Å². The SMILES string of the molecule is CCCCC(CC)Cc1cc(C(=O)NCCN2C(=O)c3ccc4c5ccc6c7c(ccc(c8ccc(c3c48)C2=O)c75)C(=O)N(CCNC(=O)c2cc(CC(CC)CCCC)c(CC(CC)CCCC)c(CC(CC)CCCC)c2)C6=O)cc(CC(CC)CCCC)c1CC(CC)CCCC. The van der Waals surface area contributed by atoms with Crippen LogP contribution in [0, 0.1) is 35.5 Å². The van der Waals surface area contributed by atoms with E-state index >= 15 is 0 Å². The fourth-order valence-electron chi connectivity index (χ4n) is 17.1. The zero-order chi connectivity index (χ0) is 71.6. The molecule has 0 saturated carbocycles. The third kappa shape index (κ3) is 17.6. The highest BCUT2D eigenvalue weighted by molar-refractivity contribution is 6.41. The molecule has 2 aliphatic heterocycles. The number of carbonyl (C=O) groups excluding carboxylic acids is 6. The summed E-state index contributed by atoms with van der Waals surface area (Å²) in [7, 11) is 0. The summed E-state index contributed by atoms with van der Waals surface area (Å²) in [6.45, 7) is 27.7. The summed E-state index contributed by atoms with van der Waals surface area (Å²) in [5.41, 5.74) is 11.2. The van der Waals surface area contributed by atoms with E-state index in [4.69, 9.17) is 0 Å². The fraction of sp³-hybridized carbons (Fsp3) is 0.578. The van der Waals surface area contributed by atoms with Crippen molar-refractivity contribution in [3.8, 4) is 0 Å². The third-order valence-corrected chi connectivity index (χ3v) is 23.7. The van der Waals surface area contributed by atoms with Crippen LogP contribution in [0.5, 0.6) is 0 Å². The Labute approximate surface area is 601 Å². The summed E-state index contributed by atoms with van der Waals surface area (Å²) < 4.78 is 0. The second-order valence-electron chi connectivity index (χ2n) is 30.4. The number of amides is 6. The maximum Gasteiger partial charge on any atom is 0.261 e. The molecule has 100 heavy (non-hydrogen) atoms. The average Bonchev–Trinajstić information content (AvgIpc) is 0.689. The third-order valence-electron chi connectivity index (χ3n) is 23.7. The zero-order valence-corrected chi connectivity index (χ0v) is 63.8. The van der Waals surface area contributed by atoms with Crippen LogP contribution in [0.2, 0.25) is 0 Å². The molecule has 7 aromatic carbocycles. The number of hydrogen-bond acceptors (Lipinski definition) is 6. The van der Waals surface area contributed by atoms with Gasteiger partial charge in [-0.3, -0.25) is 38.6 Å². The number of nitrogens with one attached hydrogen (secondary N) is 2. The molecule has 0 aromatic heterocycles. The number of unbranched alkanes of at least 4 members (excludes halogenated alkanes) is 6. The van der Waals surface area contributed by atoms with Gasteiger partial charge in [-0.25, -0.2) is 0 Å². The van der Waals surface area contributed by atoms with Gasteiger partial charge in [-0.15, -0.1) is 0 Å².